The van der Waals surface area contributed by atoms with Crippen molar-refractivity contribution in [3.8, 4) is 0 Å². The van der Waals surface area contributed by atoms with Gasteiger partial charge in [-0.05, 0) is 12.2 Å². The van der Waals surface area contributed by atoms with Crippen molar-refractivity contribution >= 4 is 46.8 Å². The number of hydrogen-bond acceptors (Lipinski definition) is 6. The predicted molar refractivity (Wildman–Crippen MR) is 87.5 cm³/mol. The van der Waals surface area contributed by atoms with Crippen LogP contribution < -0.4 is 5.90 Å². The van der Waals surface area contributed by atoms with Gasteiger partial charge in [0.1, 0.15) is 0 Å². The molecule has 0 rings (SSSR count). The molecule has 0 aliphatic carbocycles. The van der Waals surface area contributed by atoms with Crippen LogP contribution in [0.1, 0.15) is 6.42 Å². The first kappa shape index (κ1) is 19.3. The third kappa shape index (κ3) is 11.1. The Labute approximate surface area is 127 Å². The summed E-state index contributed by atoms with van der Waals surface area (Å²) < 4.78 is 17.2. The fourth-order valence-electron chi connectivity index (χ4n) is 1.19. The summed E-state index contributed by atoms with van der Waals surface area (Å²) in [5.74, 6) is 9.13. The Hall–Kier alpha value is 1.29. The lowest BCUT2D eigenvalue weighted by Gasteiger charge is -2.14. The van der Waals surface area contributed by atoms with Crippen molar-refractivity contribution in [1.29, 1.82) is 0 Å². The van der Waals surface area contributed by atoms with E-state index in [0.29, 0.717) is 18.9 Å². The average Bonchev–Trinajstić information content (AvgIpc) is 2.37. The Kier molecular flexibility index (Phi) is 14.2. The number of rotatable bonds is 13. The van der Waals surface area contributed by atoms with Gasteiger partial charge in [0.25, 0.3) is 0 Å². The van der Waals surface area contributed by atoms with E-state index >= 15 is 0 Å². The molecule has 0 fully saturated rings. The third-order valence-electron chi connectivity index (χ3n) is 2.26. The number of hydrogen-bond donors (Lipinski definition) is 1. The summed E-state index contributed by atoms with van der Waals surface area (Å²) in [7, 11) is -0.830. The van der Waals surface area contributed by atoms with Crippen molar-refractivity contribution in [2.45, 2.75) is 6.42 Å². The zero-order valence-electron chi connectivity index (χ0n) is 10.8. The van der Waals surface area contributed by atoms with Crippen LogP contribution in [-0.4, -0.2) is 54.4 Å². The van der Waals surface area contributed by atoms with Gasteiger partial charge >= 0.3 is 0 Å². The smallest absolute Gasteiger partial charge is 0.204 e. The lowest BCUT2D eigenvalue weighted by Crippen LogP contribution is -2.03. The van der Waals surface area contributed by atoms with E-state index in [1.165, 1.54) is 0 Å². The SMILES string of the molecule is COP(=O)(CCBr)CCSCCSCCCON. The largest absolute Gasteiger partial charge is 0.332 e. The Morgan fingerprint density at radius 3 is 2.39 bits per heavy atom. The highest BCUT2D eigenvalue weighted by molar-refractivity contribution is 9.09. The van der Waals surface area contributed by atoms with Gasteiger partial charge in [-0.3, -0.25) is 4.57 Å². The van der Waals surface area contributed by atoms with Gasteiger partial charge in [-0.25, -0.2) is 5.90 Å². The fraction of sp³-hybridized carbons (Fsp3) is 1.00. The number of nitrogens with two attached hydrogens (primary N) is 1. The van der Waals surface area contributed by atoms with Crippen molar-refractivity contribution in [2.75, 3.05) is 54.4 Å². The van der Waals surface area contributed by atoms with Crippen LogP contribution in [0.3, 0.4) is 0 Å². The van der Waals surface area contributed by atoms with Gasteiger partial charge < -0.3 is 9.36 Å². The summed E-state index contributed by atoms with van der Waals surface area (Å²) in [6, 6.07) is 0. The summed E-state index contributed by atoms with van der Waals surface area (Å²) >= 11 is 7.05. The van der Waals surface area contributed by atoms with Crippen LogP contribution in [0.2, 0.25) is 0 Å². The first-order chi connectivity index (χ1) is 8.68. The van der Waals surface area contributed by atoms with E-state index < -0.39 is 7.37 Å². The standard InChI is InChI=1S/C10H23BrNO3PS2/c1-14-16(13,5-3-11)6-8-18-10-9-17-7-2-4-15-12/h2-10,12H2,1H3. The van der Waals surface area contributed by atoms with Crippen LogP contribution in [-0.2, 0) is 13.9 Å². The zero-order chi connectivity index (χ0) is 13.7. The minimum absolute atomic E-state index is 0.623. The van der Waals surface area contributed by atoms with E-state index in [1.54, 1.807) is 7.11 Å². The van der Waals surface area contributed by atoms with Gasteiger partial charge in [0, 0.05) is 42.0 Å². The monoisotopic (exact) mass is 379 g/mol. The highest BCUT2D eigenvalue weighted by Gasteiger charge is 2.19. The van der Waals surface area contributed by atoms with Crippen LogP contribution in [0.4, 0.5) is 0 Å². The van der Waals surface area contributed by atoms with Crippen LogP contribution >= 0.6 is 46.8 Å². The maximum absolute atomic E-state index is 12.1. The highest BCUT2D eigenvalue weighted by atomic mass is 79.9. The third-order valence-corrected chi connectivity index (χ3v) is 8.36. The van der Waals surface area contributed by atoms with E-state index in [2.05, 4.69) is 20.8 Å². The van der Waals surface area contributed by atoms with Crippen molar-refractivity contribution in [2.24, 2.45) is 5.90 Å². The van der Waals surface area contributed by atoms with E-state index in [0.717, 1.165) is 34.8 Å². The predicted octanol–water partition coefficient (Wildman–Crippen LogP) is 3.05. The lowest BCUT2D eigenvalue weighted by atomic mass is 10.5. The summed E-state index contributed by atoms with van der Waals surface area (Å²) in [5.41, 5.74) is 0. The average molecular weight is 380 g/mol. The molecule has 0 aromatic rings. The van der Waals surface area contributed by atoms with Crippen LogP contribution in [0.15, 0.2) is 0 Å². The molecule has 0 bridgehead atoms. The molecular formula is C10H23BrNO3PS2. The molecule has 0 aromatic heterocycles. The van der Waals surface area contributed by atoms with Crippen molar-refractivity contribution in [1.82, 2.24) is 0 Å². The minimum Gasteiger partial charge on any atom is -0.332 e. The van der Waals surface area contributed by atoms with Crippen LogP contribution in [0.5, 0.6) is 0 Å². The first-order valence-corrected chi connectivity index (χ1v) is 11.3. The maximum Gasteiger partial charge on any atom is 0.204 e. The second kappa shape index (κ2) is 13.3. The molecular weight excluding hydrogens is 357 g/mol. The molecule has 0 aliphatic rings. The second-order valence-electron chi connectivity index (χ2n) is 3.58. The van der Waals surface area contributed by atoms with Crippen molar-refractivity contribution < 1.29 is 13.9 Å². The molecule has 18 heavy (non-hydrogen) atoms. The summed E-state index contributed by atoms with van der Waals surface area (Å²) in [6.07, 6.45) is 2.29. The molecule has 0 aromatic carbocycles. The van der Waals surface area contributed by atoms with Gasteiger partial charge in [0.05, 0.1) is 6.61 Å². The zero-order valence-corrected chi connectivity index (χ0v) is 14.9. The number of alkyl halides is 1. The fourth-order valence-corrected chi connectivity index (χ4v) is 6.96. The Balaban J connectivity index is 3.36. The molecule has 110 valence electrons. The van der Waals surface area contributed by atoms with Gasteiger partial charge in [0.2, 0.25) is 7.37 Å². The molecule has 1 unspecified atom stereocenters. The lowest BCUT2D eigenvalue weighted by molar-refractivity contribution is 0.139. The molecule has 0 amide bonds. The topological polar surface area (TPSA) is 61.5 Å². The summed E-state index contributed by atoms with van der Waals surface area (Å²) in [5, 5.41) is 0.738. The summed E-state index contributed by atoms with van der Waals surface area (Å²) in [4.78, 5) is 4.49. The van der Waals surface area contributed by atoms with Gasteiger partial charge in [-0.1, -0.05) is 15.9 Å². The maximum atomic E-state index is 12.1. The molecule has 1 atom stereocenters. The van der Waals surface area contributed by atoms with E-state index in [-0.39, 0.29) is 0 Å². The van der Waals surface area contributed by atoms with Crippen molar-refractivity contribution in [3.05, 3.63) is 0 Å². The quantitative estimate of drug-likeness (QED) is 0.229. The van der Waals surface area contributed by atoms with Crippen molar-refractivity contribution in [3.63, 3.8) is 0 Å². The van der Waals surface area contributed by atoms with Gasteiger partial charge in [-0.2, -0.15) is 23.5 Å². The Morgan fingerprint density at radius 1 is 1.17 bits per heavy atom. The molecule has 4 nitrogen and oxygen atoms in total. The first-order valence-electron chi connectivity index (χ1n) is 5.85. The number of halogens is 1. The van der Waals surface area contributed by atoms with E-state index in [9.17, 15) is 4.57 Å². The molecule has 0 spiro atoms. The van der Waals surface area contributed by atoms with E-state index in [4.69, 9.17) is 10.4 Å². The molecule has 8 heteroatoms. The minimum atomic E-state index is -2.38. The Bertz CT molecular complexity index is 237. The van der Waals surface area contributed by atoms with Gasteiger partial charge in [0.15, 0.2) is 0 Å². The molecule has 2 N–H and O–H groups in total. The van der Waals surface area contributed by atoms with Crippen LogP contribution in [0.25, 0.3) is 0 Å². The second-order valence-corrected chi connectivity index (χ2v) is 9.71. The van der Waals surface area contributed by atoms with Gasteiger partial charge in [-0.15, -0.1) is 0 Å². The molecule has 0 radical (unpaired) electrons. The number of thioether (sulfide) groups is 2. The summed E-state index contributed by atoms with van der Waals surface area (Å²) in [6.45, 7) is 0.629. The Morgan fingerprint density at radius 2 is 1.83 bits per heavy atom. The molecule has 0 saturated carbocycles. The van der Waals surface area contributed by atoms with Crippen LogP contribution in [0, 0.1) is 0 Å². The molecule has 0 heterocycles. The molecule has 0 aliphatic heterocycles. The highest BCUT2D eigenvalue weighted by Crippen LogP contribution is 2.46. The normalized spacial score (nSPS) is 14.6. The molecule has 0 saturated heterocycles. The van der Waals surface area contributed by atoms with E-state index in [1.807, 2.05) is 23.5 Å².